The maximum Gasteiger partial charge on any atom is 0.418 e. The minimum Gasteiger partial charge on any atom is -0.375 e. The number of hydrogen-bond acceptors (Lipinski definition) is 2. The molecule has 1 aromatic carbocycles. The van der Waals surface area contributed by atoms with Crippen LogP contribution in [0.5, 0.6) is 0 Å². The number of alkyl halides is 3. The average molecular weight is 268 g/mol. The first-order valence-corrected chi connectivity index (χ1v) is 4.88. The van der Waals surface area contributed by atoms with Gasteiger partial charge in [0.2, 0.25) is 5.91 Å². The summed E-state index contributed by atoms with van der Waals surface area (Å²) in [6.45, 7) is -0.320. The molecule has 7 heteroatoms. The maximum absolute atomic E-state index is 12.6. The topological polar surface area (TPSA) is 38.3 Å². The van der Waals surface area contributed by atoms with Crippen molar-refractivity contribution >= 4 is 23.2 Å². The van der Waals surface area contributed by atoms with E-state index in [9.17, 15) is 18.0 Å². The second-order valence-electron chi connectivity index (χ2n) is 3.17. The SMILES string of the molecule is COCC(=O)Nc1ccc(Cl)cc1C(F)(F)F. The van der Waals surface area contributed by atoms with Crippen molar-refractivity contribution < 1.29 is 22.7 Å². The van der Waals surface area contributed by atoms with E-state index in [-0.39, 0.29) is 17.3 Å². The molecule has 0 unspecified atom stereocenters. The monoisotopic (exact) mass is 267 g/mol. The van der Waals surface area contributed by atoms with Gasteiger partial charge in [0.15, 0.2) is 0 Å². The summed E-state index contributed by atoms with van der Waals surface area (Å²) < 4.78 is 42.4. The predicted molar refractivity (Wildman–Crippen MR) is 57.0 cm³/mol. The first kappa shape index (κ1) is 13.8. The number of ether oxygens (including phenoxy) is 1. The van der Waals surface area contributed by atoms with Crippen LogP contribution in [0.4, 0.5) is 18.9 Å². The molecular weight excluding hydrogens is 259 g/mol. The van der Waals surface area contributed by atoms with E-state index in [0.717, 1.165) is 12.1 Å². The van der Waals surface area contributed by atoms with Gasteiger partial charge in [-0.2, -0.15) is 13.2 Å². The van der Waals surface area contributed by atoms with Crippen LogP contribution in [-0.2, 0) is 15.7 Å². The molecule has 0 atom stereocenters. The fourth-order valence-electron chi connectivity index (χ4n) is 1.18. The lowest BCUT2D eigenvalue weighted by atomic mass is 10.1. The summed E-state index contributed by atoms with van der Waals surface area (Å²) in [6, 6.07) is 3.11. The van der Waals surface area contributed by atoms with E-state index < -0.39 is 17.6 Å². The largest absolute Gasteiger partial charge is 0.418 e. The number of methoxy groups -OCH3 is 1. The third-order valence-electron chi connectivity index (χ3n) is 1.84. The summed E-state index contributed by atoms with van der Waals surface area (Å²) in [5.41, 5.74) is -1.33. The van der Waals surface area contributed by atoms with Crippen molar-refractivity contribution in [2.75, 3.05) is 19.0 Å². The summed E-state index contributed by atoms with van der Waals surface area (Å²) in [5, 5.41) is 2.05. The lowest BCUT2D eigenvalue weighted by molar-refractivity contribution is -0.137. The first-order chi connectivity index (χ1) is 7.84. The second-order valence-corrected chi connectivity index (χ2v) is 3.61. The number of carbonyl (C=O) groups is 1. The van der Waals surface area contributed by atoms with E-state index in [1.165, 1.54) is 13.2 Å². The zero-order valence-electron chi connectivity index (χ0n) is 8.77. The van der Waals surface area contributed by atoms with Gasteiger partial charge in [-0.3, -0.25) is 4.79 Å². The third kappa shape index (κ3) is 3.90. The Kier molecular flexibility index (Phi) is 4.36. The number of anilines is 1. The predicted octanol–water partition coefficient (Wildman–Crippen LogP) is 2.94. The summed E-state index contributed by atoms with van der Waals surface area (Å²) in [7, 11) is 1.27. The molecular formula is C10H9ClF3NO2. The van der Waals surface area contributed by atoms with Crippen molar-refractivity contribution in [3.8, 4) is 0 Å². The average Bonchev–Trinajstić information content (AvgIpc) is 2.19. The molecule has 1 rings (SSSR count). The van der Waals surface area contributed by atoms with Gasteiger partial charge in [-0.1, -0.05) is 11.6 Å². The molecule has 17 heavy (non-hydrogen) atoms. The highest BCUT2D eigenvalue weighted by molar-refractivity contribution is 6.30. The number of hydrogen-bond donors (Lipinski definition) is 1. The van der Waals surface area contributed by atoms with Crippen LogP contribution in [0.25, 0.3) is 0 Å². The van der Waals surface area contributed by atoms with Crippen molar-refractivity contribution in [3.05, 3.63) is 28.8 Å². The van der Waals surface area contributed by atoms with Gasteiger partial charge in [-0.05, 0) is 18.2 Å². The van der Waals surface area contributed by atoms with Crippen LogP contribution in [0.2, 0.25) is 5.02 Å². The Morgan fingerprint density at radius 3 is 2.65 bits per heavy atom. The molecule has 0 saturated carbocycles. The van der Waals surface area contributed by atoms with Gasteiger partial charge in [0.1, 0.15) is 6.61 Å². The number of halogens is 4. The zero-order chi connectivity index (χ0) is 13.1. The normalized spacial score (nSPS) is 11.4. The highest BCUT2D eigenvalue weighted by atomic mass is 35.5. The molecule has 1 amide bonds. The molecule has 1 N–H and O–H groups in total. The second kappa shape index (κ2) is 5.37. The molecule has 0 saturated heterocycles. The van der Waals surface area contributed by atoms with Gasteiger partial charge in [0.05, 0.1) is 11.3 Å². The van der Waals surface area contributed by atoms with E-state index in [2.05, 4.69) is 10.1 Å². The summed E-state index contributed by atoms with van der Waals surface area (Å²) in [5.74, 6) is -0.666. The molecule has 0 fully saturated rings. The number of benzene rings is 1. The Morgan fingerprint density at radius 1 is 1.47 bits per heavy atom. The number of amides is 1. The molecule has 0 aliphatic rings. The Balaban J connectivity index is 3.03. The number of nitrogens with one attached hydrogen (secondary N) is 1. The highest BCUT2D eigenvalue weighted by Crippen LogP contribution is 2.36. The molecule has 1 aromatic rings. The Morgan fingerprint density at radius 2 is 2.12 bits per heavy atom. The minimum absolute atomic E-state index is 0.0536. The summed E-state index contributed by atoms with van der Waals surface area (Å²) >= 11 is 5.48. The van der Waals surface area contributed by atoms with Gasteiger partial charge in [0.25, 0.3) is 0 Å². The molecule has 0 radical (unpaired) electrons. The van der Waals surface area contributed by atoms with Crippen molar-refractivity contribution in [3.63, 3.8) is 0 Å². The summed E-state index contributed by atoms with van der Waals surface area (Å²) in [4.78, 5) is 11.1. The van der Waals surface area contributed by atoms with E-state index in [1.807, 2.05) is 0 Å². The Bertz CT molecular complexity index is 421. The Labute approximate surface area is 101 Å². The maximum atomic E-state index is 12.6. The molecule has 0 bridgehead atoms. The molecule has 94 valence electrons. The molecule has 0 aliphatic carbocycles. The van der Waals surface area contributed by atoms with E-state index in [0.29, 0.717) is 0 Å². The van der Waals surface area contributed by atoms with Crippen molar-refractivity contribution in [2.24, 2.45) is 0 Å². The van der Waals surface area contributed by atoms with Crippen LogP contribution in [-0.4, -0.2) is 19.6 Å². The van der Waals surface area contributed by atoms with Crippen LogP contribution in [0, 0.1) is 0 Å². The van der Waals surface area contributed by atoms with Crippen LogP contribution >= 0.6 is 11.6 Å². The van der Waals surface area contributed by atoms with Crippen molar-refractivity contribution in [1.82, 2.24) is 0 Å². The van der Waals surface area contributed by atoms with Crippen molar-refractivity contribution in [1.29, 1.82) is 0 Å². The molecule has 0 spiro atoms. The standard InChI is InChI=1S/C10H9ClF3NO2/c1-17-5-9(16)15-8-3-2-6(11)4-7(8)10(12,13)14/h2-4H,5H2,1H3,(H,15,16). The van der Waals surface area contributed by atoms with Gasteiger partial charge in [-0.25, -0.2) is 0 Å². The van der Waals surface area contributed by atoms with Crippen molar-refractivity contribution in [2.45, 2.75) is 6.18 Å². The first-order valence-electron chi connectivity index (χ1n) is 4.50. The van der Waals surface area contributed by atoms with Crippen LogP contribution < -0.4 is 5.32 Å². The van der Waals surface area contributed by atoms with Crippen LogP contribution in [0.1, 0.15) is 5.56 Å². The third-order valence-corrected chi connectivity index (χ3v) is 2.07. The summed E-state index contributed by atoms with van der Waals surface area (Å²) in [6.07, 6.45) is -4.58. The van der Waals surface area contributed by atoms with E-state index in [1.54, 1.807) is 0 Å². The lowest BCUT2D eigenvalue weighted by Gasteiger charge is -2.13. The molecule has 0 aliphatic heterocycles. The lowest BCUT2D eigenvalue weighted by Crippen LogP contribution is -2.20. The number of rotatable bonds is 3. The molecule has 0 heterocycles. The van der Waals surface area contributed by atoms with Gasteiger partial charge in [0, 0.05) is 12.1 Å². The van der Waals surface area contributed by atoms with Gasteiger partial charge in [-0.15, -0.1) is 0 Å². The van der Waals surface area contributed by atoms with Crippen LogP contribution in [0.3, 0.4) is 0 Å². The fourth-order valence-corrected chi connectivity index (χ4v) is 1.35. The van der Waals surface area contributed by atoms with Crippen LogP contribution in [0.15, 0.2) is 18.2 Å². The zero-order valence-corrected chi connectivity index (χ0v) is 9.52. The van der Waals surface area contributed by atoms with E-state index in [4.69, 9.17) is 11.6 Å². The highest BCUT2D eigenvalue weighted by Gasteiger charge is 2.34. The smallest absolute Gasteiger partial charge is 0.375 e. The van der Waals surface area contributed by atoms with E-state index >= 15 is 0 Å². The van der Waals surface area contributed by atoms with Gasteiger partial charge < -0.3 is 10.1 Å². The minimum atomic E-state index is -4.58. The quantitative estimate of drug-likeness (QED) is 0.914. The van der Waals surface area contributed by atoms with Gasteiger partial charge >= 0.3 is 6.18 Å². The number of carbonyl (C=O) groups excluding carboxylic acids is 1. The Hall–Kier alpha value is -1.27. The molecule has 0 aromatic heterocycles. The fraction of sp³-hybridized carbons (Fsp3) is 0.300. The molecule has 3 nitrogen and oxygen atoms in total.